The summed E-state index contributed by atoms with van der Waals surface area (Å²) in [6, 6.07) is 0. The Balaban J connectivity index is 1.55. The summed E-state index contributed by atoms with van der Waals surface area (Å²) >= 11 is 0. The summed E-state index contributed by atoms with van der Waals surface area (Å²) < 4.78 is 0. The van der Waals surface area contributed by atoms with Crippen molar-refractivity contribution in [3.8, 4) is 0 Å². The minimum Gasteiger partial charge on any atom is -0.330 e. The Labute approximate surface area is 118 Å². The molecular weight excluding hydrogens is 230 g/mol. The molecule has 0 amide bonds. The van der Waals surface area contributed by atoms with E-state index in [1.165, 1.54) is 38.5 Å². The van der Waals surface area contributed by atoms with Crippen molar-refractivity contribution < 1.29 is 0 Å². The van der Waals surface area contributed by atoms with E-state index >= 15 is 0 Å². The van der Waals surface area contributed by atoms with Gasteiger partial charge in [-0.25, -0.2) is 0 Å². The van der Waals surface area contributed by atoms with Crippen molar-refractivity contribution in [1.82, 2.24) is 0 Å². The average Bonchev–Trinajstić information content (AvgIpc) is 2.37. The minimum atomic E-state index is 0.546. The third-order valence-electron chi connectivity index (χ3n) is 7.26. The minimum absolute atomic E-state index is 0.546. The van der Waals surface area contributed by atoms with Gasteiger partial charge in [0, 0.05) is 0 Å². The summed E-state index contributed by atoms with van der Waals surface area (Å²) in [4.78, 5) is 0. The fourth-order valence-corrected chi connectivity index (χ4v) is 7.06. The smallest absolute Gasteiger partial charge is 0.00203 e. The molecule has 0 aliphatic heterocycles. The second kappa shape index (κ2) is 4.48. The van der Waals surface area contributed by atoms with Gasteiger partial charge in [0.05, 0.1) is 0 Å². The first-order chi connectivity index (χ1) is 9.21. The van der Waals surface area contributed by atoms with Gasteiger partial charge in [-0.15, -0.1) is 0 Å². The molecule has 5 saturated carbocycles. The molecule has 5 aliphatic carbocycles. The molecule has 0 radical (unpaired) electrons. The van der Waals surface area contributed by atoms with Crippen LogP contribution in [0.5, 0.6) is 0 Å². The maximum absolute atomic E-state index is 6.27. The lowest BCUT2D eigenvalue weighted by atomic mass is 9.46. The zero-order valence-corrected chi connectivity index (χ0v) is 12.5. The van der Waals surface area contributed by atoms with Crippen molar-refractivity contribution in [2.45, 2.75) is 77.0 Å². The topological polar surface area (TPSA) is 26.0 Å². The van der Waals surface area contributed by atoms with E-state index in [4.69, 9.17) is 5.73 Å². The van der Waals surface area contributed by atoms with Gasteiger partial charge in [0.1, 0.15) is 0 Å². The van der Waals surface area contributed by atoms with Gasteiger partial charge in [0.2, 0.25) is 0 Å². The molecule has 0 heterocycles. The third-order valence-corrected chi connectivity index (χ3v) is 7.26. The predicted octanol–water partition coefficient (Wildman–Crippen LogP) is 4.50. The van der Waals surface area contributed by atoms with Crippen LogP contribution in [0, 0.1) is 28.6 Å². The Bertz CT molecular complexity index is 304. The molecule has 0 saturated heterocycles. The normalized spacial score (nSPS) is 47.5. The third kappa shape index (κ3) is 2.17. The highest BCUT2D eigenvalue weighted by Crippen LogP contribution is 2.64. The van der Waals surface area contributed by atoms with Crippen molar-refractivity contribution in [3.05, 3.63) is 0 Å². The highest BCUT2D eigenvalue weighted by molar-refractivity contribution is 5.04. The van der Waals surface area contributed by atoms with Gasteiger partial charge in [-0.3, -0.25) is 0 Å². The van der Waals surface area contributed by atoms with Crippen LogP contribution in [-0.2, 0) is 0 Å². The Hall–Kier alpha value is -0.0400. The Morgan fingerprint density at radius 3 is 1.79 bits per heavy atom. The SMILES string of the molecule is NCC1(CC23CC4CC(CC(C4)C2)C3)CCCCC1. The van der Waals surface area contributed by atoms with Crippen molar-refractivity contribution in [2.24, 2.45) is 34.3 Å². The van der Waals surface area contributed by atoms with Crippen LogP contribution in [0.3, 0.4) is 0 Å². The van der Waals surface area contributed by atoms with Crippen molar-refractivity contribution in [3.63, 3.8) is 0 Å². The molecule has 4 bridgehead atoms. The highest BCUT2D eigenvalue weighted by atomic mass is 14.6. The maximum atomic E-state index is 6.27. The van der Waals surface area contributed by atoms with E-state index in [1.807, 2.05) is 0 Å². The van der Waals surface area contributed by atoms with Crippen LogP contribution < -0.4 is 5.73 Å². The first kappa shape index (κ1) is 12.7. The first-order valence-corrected chi connectivity index (χ1v) is 8.91. The predicted molar refractivity (Wildman–Crippen MR) is 79.8 cm³/mol. The maximum Gasteiger partial charge on any atom is -0.00203 e. The monoisotopic (exact) mass is 261 g/mol. The fourth-order valence-electron chi connectivity index (χ4n) is 7.06. The summed E-state index contributed by atoms with van der Waals surface area (Å²) in [6.45, 7) is 0.967. The largest absolute Gasteiger partial charge is 0.330 e. The molecule has 0 aromatic rings. The lowest BCUT2D eigenvalue weighted by molar-refractivity contribution is -0.0823. The first-order valence-electron chi connectivity index (χ1n) is 8.91. The molecule has 19 heavy (non-hydrogen) atoms. The lowest BCUT2D eigenvalue weighted by Crippen LogP contribution is -2.49. The van der Waals surface area contributed by atoms with Crippen LogP contribution in [-0.4, -0.2) is 6.54 Å². The molecule has 0 spiro atoms. The number of rotatable bonds is 3. The summed E-state index contributed by atoms with van der Waals surface area (Å²) in [5.41, 5.74) is 7.55. The molecule has 5 rings (SSSR count). The molecule has 0 aromatic carbocycles. The van der Waals surface area contributed by atoms with E-state index < -0.39 is 0 Å². The van der Waals surface area contributed by atoms with Gasteiger partial charge in [-0.2, -0.15) is 0 Å². The van der Waals surface area contributed by atoms with Crippen molar-refractivity contribution in [2.75, 3.05) is 6.54 Å². The molecule has 0 atom stereocenters. The molecule has 5 fully saturated rings. The van der Waals surface area contributed by atoms with Crippen LogP contribution >= 0.6 is 0 Å². The van der Waals surface area contributed by atoms with E-state index in [1.54, 1.807) is 38.5 Å². The molecule has 2 N–H and O–H groups in total. The molecule has 0 unspecified atom stereocenters. The Kier molecular flexibility index (Phi) is 2.99. The van der Waals surface area contributed by atoms with E-state index in [2.05, 4.69) is 0 Å². The summed E-state index contributed by atoms with van der Waals surface area (Å²) in [7, 11) is 0. The molecule has 108 valence electrons. The second-order valence-corrected chi connectivity index (χ2v) is 8.86. The van der Waals surface area contributed by atoms with E-state index in [9.17, 15) is 0 Å². The second-order valence-electron chi connectivity index (χ2n) is 8.86. The van der Waals surface area contributed by atoms with E-state index in [0.29, 0.717) is 5.41 Å². The van der Waals surface area contributed by atoms with Crippen molar-refractivity contribution in [1.29, 1.82) is 0 Å². The zero-order valence-electron chi connectivity index (χ0n) is 12.5. The standard InChI is InChI=1S/C18H31N/c19-13-17(4-2-1-3-5-17)12-18-9-14-6-15(10-18)8-16(7-14)11-18/h14-16H,1-13,19H2. The summed E-state index contributed by atoms with van der Waals surface area (Å²) in [5.74, 6) is 3.30. The quantitative estimate of drug-likeness (QED) is 0.795. The molecule has 1 nitrogen and oxygen atoms in total. The van der Waals surface area contributed by atoms with Crippen molar-refractivity contribution >= 4 is 0 Å². The molecule has 0 aromatic heterocycles. The summed E-state index contributed by atoms with van der Waals surface area (Å²) in [5, 5.41) is 0. The van der Waals surface area contributed by atoms with E-state index in [-0.39, 0.29) is 0 Å². The Morgan fingerprint density at radius 1 is 0.789 bits per heavy atom. The molecular formula is C18H31N. The van der Waals surface area contributed by atoms with Gasteiger partial charge in [-0.1, -0.05) is 19.3 Å². The average molecular weight is 261 g/mol. The number of hydrogen-bond acceptors (Lipinski definition) is 1. The lowest BCUT2D eigenvalue weighted by Gasteiger charge is -2.59. The van der Waals surface area contributed by atoms with Gasteiger partial charge >= 0.3 is 0 Å². The zero-order chi connectivity index (χ0) is 12.9. The molecule has 5 aliphatic rings. The van der Waals surface area contributed by atoms with Gasteiger partial charge in [-0.05, 0) is 92.9 Å². The number of hydrogen-bond donors (Lipinski definition) is 1. The van der Waals surface area contributed by atoms with Gasteiger partial charge in [0.25, 0.3) is 0 Å². The van der Waals surface area contributed by atoms with Gasteiger partial charge < -0.3 is 5.73 Å². The van der Waals surface area contributed by atoms with Crippen LogP contribution in [0.15, 0.2) is 0 Å². The van der Waals surface area contributed by atoms with Crippen LogP contribution in [0.2, 0.25) is 0 Å². The Morgan fingerprint density at radius 2 is 1.32 bits per heavy atom. The van der Waals surface area contributed by atoms with Gasteiger partial charge in [0.15, 0.2) is 0 Å². The highest BCUT2D eigenvalue weighted by Gasteiger charge is 2.53. The molecule has 1 heteroatoms. The summed E-state index contributed by atoms with van der Waals surface area (Å²) in [6.07, 6.45) is 18.2. The fraction of sp³-hybridized carbons (Fsp3) is 1.00. The van der Waals surface area contributed by atoms with Crippen LogP contribution in [0.25, 0.3) is 0 Å². The number of nitrogens with two attached hydrogens (primary N) is 1. The van der Waals surface area contributed by atoms with Crippen LogP contribution in [0.1, 0.15) is 77.0 Å². The van der Waals surface area contributed by atoms with Crippen LogP contribution in [0.4, 0.5) is 0 Å². The van der Waals surface area contributed by atoms with E-state index in [0.717, 1.165) is 29.7 Å².